The predicted octanol–water partition coefficient (Wildman–Crippen LogP) is 7.89. The molecule has 0 bridgehead atoms. The van der Waals surface area contributed by atoms with Gasteiger partial charge in [0.05, 0.1) is 24.2 Å². The van der Waals surface area contributed by atoms with Crippen LogP contribution in [0.2, 0.25) is 0 Å². The van der Waals surface area contributed by atoms with E-state index in [4.69, 9.17) is 4.74 Å². The lowest BCUT2D eigenvalue weighted by Crippen LogP contribution is -2.47. The van der Waals surface area contributed by atoms with Crippen LogP contribution < -0.4 is 15.4 Å². The van der Waals surface area contributed by atoms with E-state index in [2.05, 4.69) is 77.2 Å². The molecule has 5 rings (SSSR count). The third-order valence-electron chi connectivity index (χ3n) is 8.84. The number of ether oxygens (including phenoxy) is 1. The molecule has 3 N–H and O–H groups in total. The summed E-state index contributed by atoms with van der Waals surface area (Å²) in [5.41, 5.74) is 1.52. The molecule has 0 unspecified atom stereocenters. The lowest BCUT2D eigenvalue weighted by molar-refractivity contribution is -0.115. The summed E-state index contributed by atoms with van der Waals surface area (Å²) < 4.78 is 33.5. The Balaban J connectivity index is 1.12. The van der Waals surface area contributed by atoms with E-state index in [1.165, 1.54) is 37.8 Å². The Morgan fingerprint density at radius 3 is 2.62 bits per heavy atom. The van der Waals surface area contributed by atoms with Gasteiger partial charge in [-0.15, -0.1) is 0 Å². The fourth-order valence-electron chi connectivity index (χ4n) is 7.40. The van der Waals surface area contributed by atoms with E-state index in [0.717, 1.165) is 42.1 Å². The molecule has 1 saturated heterocycles. The summed E-state index contributed by atoms with van der Waals surface area (Å²) in [7, 11) is 0. The quantitative estimate of drug-likeness (QED) is 0.134. The molecule has 0 aliphatic carbocycles. The van der Waals surface area contributed by atoms with Crippen LogP contribution in [0.15, 0.2) is 48.8 Å². The van der Waals surface area contributed by atoms with Gasteiger partial charge >= 0.3 is 0 Å². The topological polar surface area (TPSA) is 108 Å². The number of benzene rings is 2. The number of likely N-dealkylation sites (tertiary alicyclic amines) is 1. The number of fused-ring (bicyclic) bond motifs is 1. The molecule has 1 aliphatic rings. The summed E-state index contributed by atoms with van der Waals surface area (Å²) in [4.78, 5) is 23.9. The van der Waals surface area contributed by atoms with Crippen molar-refractivity contribution < 1.29 is 18.3 Å². The number of nitrogens with one attached hydrogen (secondary N) is 3. The summed E-state index contributed by atoms with van der Waals surface area (Å²) in [5.74, 6) is -0.262. The number of hydrogen-bond donors (Lipinski definition) is 3. The Hall–Kier alpha value is -4.12. The zero-order valence-electron chi connectivity index (χ0n) is 28.3. The third-order valence-corrected chi connectivity index (χ3v) is 8.84. The van der Waals surface area contributed by atoms with Crippen LogP contribution in [0, 0.1) is 28.4 Å². The molecule has 0 radical (unpaired) electrons. The lowest BCUT2D eigenvalue weighted by atomic mass is 9.63. The number of nitrogens with zero attached hydrogens (tertiary/aromatic N) is 4. The summed E-state index contributed by atoms with van der Waals surface area (Å²) in [6.45, 7) is 17.3. The lowest BCUT2D eigenvalue weighted by Gasteiger charge is -2.47. The van der Waals surface area contributed by atoms with Crippen LogP contribution in [0.4, 0.5) is 26.1 Å². The smallest absolute Gasteiger partial charge is 0.230 e. The van der Waals surface area contributed by atoms with Crippen LogP contribution in [0.25, 0.3) is 10.9 Å². The van der Waals surface area contributed by atoms with Crippen molar-refractivity contribution in [3.05, 3.63) is 66.1 Å². The van der Waals surface area contributed by atoms with Crippen LogP contribution >= 0.6 is 0 Å². The van der Waals surface area contributed by atoms with Crippen LogP contribution in [0.5, 0.6) is 5.75 Å². The van der Waals surface area contributed by atoms with E-state index in [-0.39, 0.29) is 22.9 Å². The Labute approximate surface area is 275 Å². The Morgan fingerprint density at radius 1 is 1.06 bits per heavy atom. The summed E-state index contributed by atoms with van der Waals surface area (Å²) in [6.07, 6.45) is 5.99. The molecule has 1 atom stereocenters. The first-order valence-electron chi connectivity index (χ1n) is 16.5. The number of carbonyl (C=O) groups excluding carboxylic acids is 1. The first kappa shape index (κ1) is 34.2. The number of amides is 1. The first-order valence-corrected chi connectivity index (χ1v) is 16.5. The van der Waals surface area contributed by atoms with Gasteiger partial charge in [0.2, 0.25) is 5.91 Å². The molecule has 1 aliphatic heterocycles. The minimum Gasteiger partial charge on any atom is -0.494 e. The fourth-order valence-corrected chi connectivity index (χ4v) is 7.40. The van der Waals surface area contributed by atoms with Gasteiger partial charge in [0.15, 0.2) is 17.5 Å². The number of halogens is 2. The number of anilines is 3. The maximum atomic E-state index is 13.9. The number of unbranched alkanes of at least 4 members (excludes halogenated alkanes) is 1. The molecule has 4 aromatic rings. The Kier molecular flexibility index (Phi) is 10.4. The second-order valence-electron chi connectivity index (χ2n) is 14.6. The number of hydrogen-bond acceptors (Lipinski definition) is 7. The molecule has 11 heteroatoms. The monoisotopic (exact) mass is 647 g/mol. The van der Waals surface area contributed by atoms with Crippen LogP contribution in [0.1, 0.15) is 72.9 Å². The maximum absolute atomic E-state index is 13.9. The maximum Gasteiger partial charge on any atom is 0.230 e. The Bertz CT molecular complexity index is 1660. The highest BCUT2D eigenvalue weighted by atomic mass is 19.2. The van der Waals surface area contributed by atoms with E-state index >= 15 is 0 Å². The van der Waals surface area contributed by atoms with Gasteiger partial charge in [-0.05, 0) is 79.8 Å². The van der Waals surface area contributed by atoms with Gasteiger partial charge in [-0.25, -0.2) is 18.7 Å². The van der Waals surface area contributed by atoms with Gasteiger partial charge in [0.1, 0.15) is 17.9 Å². The zero-order chi connectivity index (χ0) is 33.8. The highest BCUT2D eigenvalue weighted by molar-refractivity contribution is 5.93. The van der Waals surface area contributed by atoms with Crippen molar-refractivity contribution in [3.8, 4) is 5.75 Å². The number of carbonyl (C=O) groups is 1. The molecule has 252 valence electrons. The molecule has 1 amide bonds. The van der Waals surface area contributed by atoms with Crippen molar-refractivity contribution in [2.75, 3.05) is 30.3 Å². The molecule has 1 fully saturated rings. The van der Waals surface area contributed by atoms with Crippen molar-refractivity contribution in [2.45, 2.75) is 79.7 Å². The molecule has 2 aromatic carbocycles. The van der Waals surface area contributed by atoms with Crippen molar-refractivity contribution in [2.24, 2.45) is 16.7 Å². The average molecular weight is 648 g/mol. The predicted molar refractivity (Wildman–Crippen MR) is 182 cm³/mol. The van der Waals surface area contributed by atoms with Crippen LogP contribution in [-0.2, 0) is 11.2 Å². The van der Waals surface area contributed by atoms with Crippen molar-refractivity contribution >= 4 is 34.1 Å². The van der Waals surface area contributed by atoms with Crippen LogP contribution in [0.3, 0.4) is 0 Å². The molecule has 0 saturated carbocycles. The van der Waals surface area contributed by atoms with Gasteiger partial charge in [0.25, 0.3) is 0 Å². The minimum atomic E-state index is -1.10. The van der Waals surface area contributed by atoms with E-state index in [9.17, 15) is 13.6 Å². The molecule has 2 aromatic heterocycles. The number of aromatic nitrogens is 4. The second kappa shape index (κ2) is 14.3. The number of H-pyrrole nitrogens is 1. The third kappa shape index (κ3) is 8.62. The SMILES string of the molecule is CC(C)(C)C([C@@H]1CCCN1CCCCOc1ccc2c(Nc3cc(CC(=O)Nc4cccc(F)c4F)[nH]n3)ncnc2c1)C(C)(C)C. The average Bonchev–Trinajstić information content (AvgIpc) is 3.63. The van der Waals surface area contributed by atoms with E-state index in [1.807, 2.05) is 18.2 Å². The van der Waals surface area contributed by atoms with Gasteiger partial charge < -0.3 is 20.3 Å². The summed E-state index contributed by atoms with van der Waals surface area (Å²) >= 11 is 0. The molecular formula is C36H47F2N7O2. The molecule has 47 heavy (non-hydrogen) atoms. The highest BCUT2D eigenvalue weighted by Crippen LogP contribution is 2.46. The van der Waals surface area contributed by atoms with Crippen molar-refractivity contribution in [3.63, 3.8) is 0 Å². The summed E-state index contributed by atoms with van der Waals surface area (Å²) in [6, 6.07) is 11.6. The normalized spacial score (nSPS) is 15.8. The van der Waals surface area contributed by atoms with Gasteiger partial charge in [-0.1, -0.05) is 47.6 Å². The van der Waals surface area contributed by atoms with E-state index in [1.54, 1.807) is 6.07 Å². The van der Waals surface area contributed by atoms with Crippen molar-refractivity contribution in [1.29, 1.82) is 0 Å². The molecule has 3 heterocycles. The fraction of sp³-hybridized carbons (Fsp3) is 0.500. The number of rotatable bonds is 12. The largest absolute Gasteiger partial charge is 0.494 e. The van der Waals surface area contributed by atoms with Gasteiger partial charge in [0, 0.05) is 29.3 Å². The molecule has 9 nitrogen and oxygen atoms in total. The highest BCUT2D eigenvalue weighted by Gasteiger charge is 2.44. The number of aromatic amines is 1. The van der Waals surface area contributed by atoms with E-state index in [0.29, 0.717) is 35.9 Å². The van der Waals surface area contributed by atoms with E-state index < -0.39 is 17.5 Å². The Morgan fingerprint density at radius 2 is 1.85 bits per heavy atom. The van der Waals surface area contributed by atoms with Crippen molar-refractivity contribution in [1.82, 2.24) is 25.1 Å². The first-order chi connectivity index (χ1) is 22.3. The zero-order valence-corrected chi connectivity index (χ0v) is 28.3. The molecular weight excluding hydrogens is 600 g/mol. The van der Waals surface area contributed by atoms with Gasteiger partial charge in [-0.3, -0.25) is 9.89 Å². The van der Waals surface area contributed by atoms with Gasteiger partial charge in [-0.2, -0.15) is 5.10 Å². The second-order valence-corrected chi connectivity index (χ2v) is 14.6. The summed E-state index contributed by atoms with van der Waals surface area (Å²) in [5, 5.41) is 13.3. The van der Waals surface area contributed by atoms with Crippen LogP contribution in [-0.4, -0.2) is 56.7 Å². The minimum absolute atomic E-state index is 0.108. The standard InChI is InChI=1S/C36H47F2N7O2/c1-35(2,3)33(36(4,5)6)29-13-10-17-45(29)16-7-8-18-47-24-14-15-25-28(21-24)39-22-40-34(25)42-30-19-23(43-44-30)20-31(46)41-27-12-9-11-26(37)32(27)38/h9,11-12,14-15,19,21-22,29,33H,7-8,10,13,16-18,20H2,1-6H3,(H,41,46)(H2,39,40,42,43,44)/t29-/m0/s1. The molecule has 0 spiro atoms.